The molecular formula is C58H78N10O20S. The van der Waals surface area contributed by atoms with Gasteiger partial charge in [0.1, 0.15) is 48.5 Å². The number of phenolic OH excluding ortho intramolecular Hbond substituents is 1. The first-order valence-corrected chi connectivity index (χ1v) is 30.8. The summed E-state index contributed by atoms with van der Waals surface area (Å²) in [7, 11) is -5.33. The van der Waals surface area contributed by atoms with Crippen LogP contribution in [-0.2, 0) is 44.0 Å². The van der Waals surface area contributed by atoms with Gasteiger partial charge in [-0.15, -0.1) is 0 Å². The average molecular weight is 1270 g/mol. The number of carbonyl (C=O) groups excluding carboxylic acids is 8. The summed E-state index contributed by atoms with van der Waals surface area (Å²) in [6, 6.07) is 5.12. The fourth-order valence-corrected chi connectivity index (χ4v) is 12.5. The van der Waals surface area contributed by atoms with Gasteiger partial charge in [0.25, 0.3) is 5.91 Å². The van der Waals surface area contributed by atoms with Gasteiger partial charge in [-0.2, -0.15) is 8.42 Å². The molecule has 5 unspecified atom stereocenters. The van der Waals surface area contributed by atoms with E-state index < -0.39 is 199 Å². The molecule has 5 fully saturated rings. The molecule has 8 amide bonds. The predicted octanol–water partition coefficient (Wildman–Crippen LogP) is -3.74. The van der Waals surface area contributed by atoms with Crippen molar-refractivity contribution in [2.75, 3.05) is 55.6 Å². The molecule has 486 valence electrons. The van der Waals surface area contributed by atoms with Gasteiger partial charge >= 0.3 is 10.4 Å². The summed E-state index contributed by atoms with van der Waals surface area (Å²) in [4.78, 5) is 119. The van der Waals surface area contributed by atoms with E-state index in [4.69, 9.17) is 5.73 Å². The van der Waals surface area contributed by atoms with Crippen molar-refractivity contribution in [2.45, 2.75) is 150 Å². The van der Waals surface area contributed by atoms with Crippen LogP contribution in [0.1, 0.15) is 98.7 Å². The first kappa shape index (κ1) is 67.2. The van der Waals surface area contributed by atoms with Crippen molar-refractivity contribution in [3.05, 3.63) is 83.4 Å². The van der Waals surface area contributed by atoms with E-state index in [1.54, 1.807) is 12.1 Å². The highest BCUT2D eigenvalue weighted by Gasteiger charge is 2.50. The number of phenols is 1. The Morgan fingerprint density at radius 3 is 1.90 bits per heavy atom. The van der Waals surface area contributed by atoms with Crippen LogP contribution in [0.15, 0.2) is 66.7 Å². The Balaban J connectivity index is 1.07. The number of hydrogen-bond donors (Lipinski definition) is 15. The summed E-state index contributed by atoms with van der Waals surface area (Å²) in [5.41, 5.74) is 8.17. The number of aliphatic hydroxyl groups excluding tert-OH is 7. The monoisotopic (exact) mass is 1270 g/mol. The molecular weight excluding hydrogens is 1190 g/mol. The number of anilines is 2. The van der Waals surface area contributed by atoms with Crippen molar-refractivity contribution >= 4 is 69.0 Å². The average Bonchev–Trinajstić information content (AvgIpc) is 2.60. The Bertz CT molecular complexity index is 3180. The predicted molar refractivity (Wildman–Crippen MR) is 313 cm³/mol. The van der Waals surface area contributed by atoms with Crippen LogP contribution in [0.4, 0.5) is 11.4 Å². The fraction of sp³-hybridized carbons (Fsp3) is 0.552. The molecule has 4 saturated heterocycles. The number of primary amides is 1. The molecule has 14 atom stereocenters. The van der Waals surface area contributed by atoms with Crippen LogP contribution in [0.3, 0.4) is 0 Å². The molecule has 0 aromatic heterocycles. The van der Waals surface area contributed by atoms with Gasteiger partial charge in [-0.05, 0) is 85.3 Å². The summed E-state index contributed by atoms with van der Waals surface area (Å²) in [5.74, 6) is -12.3. The molecule has 1 aliphatic carbocycles. The fourth-order valence-electron chi connectivity index (χ4n) is 12.2. The number of fused-ring (bicyclic) bond motifs is 2. The Hall–Kier alpha value is -7.75. The van der Waals surface area contributed by atoms with Crippen LogP contribution < -0.4 is 46.3 Å². The Morgan fingerprint density at radius 1 is 0.719 bits per heavy atom. The second kappa shape index (κ2) is 28.8. The molecule has 0 bridgehead atoms. The number of piperazine rings is 1. The van der Waals surface area contributed by atoms with E-state index in [-0.39, 0.29) is 5.56 Å². The van der Waals surface area contributed by atoms with Crippen molar-refractivity contribution in [3.8, 4) is 11.5 Å². The third-order valence-corrected chi connectivity index (χ3v) is 17.5. The number of amides is 8. The molecule has 0 radical (unpaired) electrons. The quantitative estimate of drug-likeness (QED) is 0.0690. The van der Waals surface area contributed by atoms with Gasteiger partial charge in [0.15, 0.2) is 11.5 Å². The maximum atomic E-state index is 14.7. The highest BCUT2D eigenvalue weighted by Crippen LogP contribution is 2.35. The van der Waals surface area contributed by atoms with E-state index >= 15 is 0 Å². The largest absolute Gasteiger partial charge is 0.504 e. The maximum absolute atomic E-state index is 14.7. The molecule has 4 heterocycles. The van der Waals surface area contributed by atoms with Crippen molar-refractivity contribution < 1.29 is 96.4 Å². The zero-order valence-electron chi connectivity index (χ0n) is 48.9. The summed E-state index contributed by atoms with van der Waals surface area (Å²) in [6.45, 7) is 3.44. The van der Waals surface area contributed by atoms with E-state index in [9.17, 15) is 92.2 Å². The van der Waals surface area contributed by atoms with Gasteiger partial charge in [0, 0.05) is 81.5 Å². The lowest BCUT2D eigenvalue weighted by Gasteiger charge is -2.37. The van der Waals surface area contributed by atoms with Crippen molar-refractivity contribution in [1.29, 1.82) is 0 Å². The molecule has 0 spiro atoms. The van der Waals surface area contributed by atoms with E-state index in [0.29, 0.717) is 30.0 Å². The second-order valence-electron chi connectivity index (χ2n) is 23.5. The van der Waals surface area contributed by atoms with Gasteiger partial charge in [-0.3, -0.25) is 42.9 Å². The van der Waals surface area contributed by atoms with E-state index in [2.05, 4.69) is 64.8 Å². The number of benzene rings is 3. The molecule has 5 aliphatic rings. The number of rotatable bonds is 14. The number of nitrogens with zero attached hydrogens (tertiary/aromatic N) is 4. The van der Waals surface area contributed by atoms with Crippen LogP contribution in [0.25, 0.3) is 0 Å². The second-order valence-corrected chi connectivity index (χ2v) is 24.5. The highest BCUT2D eigenvalue weighted by atomic mass is 32.3. The van der Waals surface area contributed by atoms with Crippen LogP contribution >= 0.6 is 0 Å². The molecule has 89 heavy (non-hydrogen) atoms. The number of aliphatic hydroxyl groups is 7. The molecule has 16 N–H and O–H groups in total. The number of β-amino-alcohol motifs (C(OH)–C–C–N with tert-alkyl or cyclic N) is 1. The number of nitrogens with two attached hydrogens (primary N) is 1. The number of aromatic hydroxyl groups is 1. The number of nitrogens with one attached hydrogen (secondary N) is 5. The smallest absolute Gasteiger partial charge is 0.446 e. The third kappa shape index (κ3) is 16.4. The SMILES string of the molecule is C[C@H](O)C1NC(=O)[C@@H](NC(=O)c2ccc(N3CCN(c4ccc(C5CCCCC5)cc4)CC3)cc2)C[C@H](O)CNC(=O)C2[C@@H](O)[C@@H](C)CN2C(=O)C([C@H](O)CC(N)=O)NC(=O)C([C@H](O)[C@@H](O)c2ccc(O)c(OS(=O)(=O)O)c2)NC(=O)C2C[C@@H](O)CN2C1=O. The van der Waals surface area contributed by atoms with Crippen LogP contribution in [0.2, 0.25) is 0 Å². The minimum absolute atomic E-state index is 0.0581. The summed E-state index contributed by atoms with van der Waals surface area (Å²) in [5, 5.41) is 102. The van der Waals surface area contributed by atoms with E-state index in [1.807, 2.05) is 0 Å². The first-order valence-electron chi connectivity index (χ1n) is 29.4. The molecule has 8 rings (SSSR count). The molecule has 3 aromatic rings. The topological polar surface area (TPSA) is 461 Å². The third-order valence-electron chi connectivity index (χ3n) is 17.1. The summed E-state index contributed by atoms with van der Waals surface area (Å²) in [6.07, 6.45) is -10.3. The molecule has 3 aromatic carbocycles. The van der Waals surface area contributed by atoms with Gasteiger partial charge in [-0.25, -0.2) is 0 Å². The highest BCUT2D eigenvalue weighted by molar-refractivity contribution is 7.81. The maximum Gasteiger partial charge on any atom is 0.446 e. The lowest BCUT2D eigenvalue weighted by atomic mass is 9.84. The minimum Gasteiger partial charge on any atom is -0.504 e. The van der Waals surface area contributed by atoms with Gasteiger partial charge in [-0.1, -0.05) is 44.4 Å². The Morgan fingerprint density at radius 2 is 1.30 bits per heavy atom. The van der Waals surface area contributed by atoms with E-state index in [1.165, 1.54) is 56.7 Å². The van der Waals surface area contributed by atoms with Crippen LogP contribution in [0.5, 0.6) is 11.5 Å². The first-order chi connectivity index (χ1) is 42.1. The number of hydrogen-bond acceptors (Lipinski definition) is 21. The van der Waals surface area contributed by atoms with Gasteiger partial charge in [0.2, 0.25) is 41.4 Å². The van der Waals surface area contributed by atoms with Gasteiger partial charge < -0.3 is 97.0 Å². The Labute approximate surface area is 512 Å². The molecule has 4 aliphatic heterocycles. The normalized spacial score (nSPS) is 28.0. The Kier molecular flexibility index (Phi) is 21.8. The molecule has 31 heteroatoms. The van der Waals surface area contributed by atoms with Gasteiger partial charge in [0.05, 0.1) is 36.9 Å². The molecule has 1 saturated carbocycles. The van der Waals surface area contributed by atoms with Crippen molar-refractivity contribution in [2.24, 2.45) is 11.7 Å². The standard InChI is InChI=1S/C58H78N10O20S/c1-29-27-68-48(49(29)75)56(82)60-26-37(70)23-39(61-52(78)33-10-15-36(16-11-33)66-20-18-65(19-21-66)35-13-8-32(9-14-35)31-6-4-3-5-7-31)53(79)62-45(30(2)69)57(83)67-28-38(71)24-40(67)54(80)64-47(55(81)63-46(58(68)84)42(73)25-44(59)74)51(77)50(76)34-12-17-41(72)43(22-34)88-89(85,86)87/h8-17,22,29-31,37-40,42,45-51,69-73,75-77H,3-7,18-21,23-28H2,1-2H3,(H2,59,74)(H,60,82)(H,61,78)(H,62,79)(H,63,81)(H,64,80)(H,85,86,87)/t29-,30-,37-,38+,39-,40?,42+,45?,46?,47?,48?,49-,50-,51-/m0/s1. The lowest BCUT2D eigenvalue weighted by Crippen LogP contribution is -2.64. The lowest BCUT2D eigenvalue weighted by molar-refractivity contribution is -0.148. The zero-order chi connectivity index (χ0) is 64.8. The van der Waals surface area contributed by atoms with Crippen LogP contribution in [0, 0.1) is 5.92 Å². The summed E-state index contributed by atoms with van der Waals surface area (Å²) < 4.78 is 36.8. The summed E-state index contributed by atoms with van der Waals surface area (Å²) >= 11 is 0. The minimum atomic E-state index is -5.33. The number of carbonyl (C=O) groups is 8. The zero-order valence-corrected chi connectivity index (χ0v) is 49.7. The van der Waals surface area contributed by atoms with E-state index in [0.717, 1.165) is 48.4 Å². The van der Waals surface area contributed by atoms with Crippen molar-refractivity contribution in [1.82, 2.24) is 36.4 Å². The molecule has 30 nitrogen and oxygen atoms in total. The van der Waals surface area contributed by atoms with Crippen molar-refractivity contribution in [3.63, 3.8) is 0 Å². The van der Waals surface area contributed by atoms with Crippen LogP contribution in [-0.4, -0.2) is 230 Å².